The summed E-state index contributed by atoms with van der Waals surface area (Å²) in [5, 5.41) is 9.52. The van der Waals surface area contributed by atoms with Crippen LogP contribution in [0.25, 0.3) is 11.0 Å². The normalized spacial score (nSPS) is 14.6. The molecule has 1 N–H and O–H groups in total. The molecule has 1 aliphatic heterocycles. The summed E-state index contributed by atoms with van der Waals surface area (Å²) in [5.41, 5.74) is 1.94. The fourth-order valence-electron chi connectivity index (χ4n) is 7.11. The minimum Gasteiger partial charge on any atom is -0.493 e. The van der Waals surface area contributed by atoms with Crippen molar-refractivity contribution in [1.82, 2.24) is 19.4 Å². The number of hydrogen-bond donors (Lipinski definition) is 1. The van der Waals surface area contributed by atoms with Crippen molar-refractivity contribution in [1.29, 1.82) is 0 Å². The summed E-state index contributed by atoms with van der Waals surface area (Å²) in [7, 11) is 6.05. The number of carbonyl (C=O) groups excluding carboxylic acids is 1. The number of hydrogen-bond acceptors (Lipinski definition) is 9. The number of ether oxygens (including phenoxy) is 3. The highest BCUT2D eigenvalue weighted by atomic mass is 19.4. The summed E-state index contributed by atoms with van der Waals surface area (Å²) in [6, 6.07) is 20.1. The van der Waals surface area contributed by atoms with Crippen molar-refractivity contribution in [2.45, 2.75) is 38.1 Å². The van der Waals surface area contributed by atoms with Crippen LogP contribution in [0.15, 0.2) is 77.2 Å². The van der Waals surface area contributed by atoms with Crippen LogP contribution >= 0.6 is 0 Å². The van der Waals surface area contributed by atoms with Crippen LogP contribution in [0.4, 0.5) is 19.1 Å². The van der Waals surface area contributed by atoms with Gasteiger partial charge in [-0.3, -0.25) is 4.79 Å². The van der Waals surface area contributed by atoms with Crippen molar-refractivity contribution in [2.24, 2.45) is 0 Å². The molecule has 1 amide bonds. The van der Waals surface area contributed by atoms with E-state index in [1.165, 1.54) is 38.4 Å². The van der Waals surface area contributed by atoms with Crippen LogP contribution in [0, 0.1) is 0 Å². The van der Waals surface area contributed by atoms with Gasteiger partial charge in [-0.1, -0.05) is 30.3 Å². The first kappa shape index (κ1) is 38.5. The molecular weight excluding hydrogens is 703 g/mol. The topological polar surface area (TPSA) is 106 Å². The zero-order valence-corrected chi connectivity index (χ0v) is 30.9. The Kier molecular flexibility index (Phi) is 12.0. The smallest absolute Gasteiger partial charge is 0.416 e. The summed E-state index contributed by atoms with van der Waals surface area (Å²) >= 11 is 0. The molecule has 3 heterocycles. The Balaban J connectivity index is 1.19. The van der Waals surface area contributed by atoms with E-state index < -0.39 is 11.7 Å². The second-order valence-electron chi connectivity index (χ2n) is 13.4. The number of para-hydroxylation sites is 2. The third kappa shape index (κ3) is 8.60. The van der Waals surface area contributed by atoms with Gasteiger partial charge in [0.25, 0.3) is 5.91 Å². The minimum absolute atomic E-state index is 0.173. The van der Waals surface area contributed by atoms with Crippen LogP contribution in [0.3, 0.4) is 0 Å². The van der Waals surface area contributed by atoms with Gasteiger partial charge in [0, 0.05) is 44.7 Å². The summed E-state index contributed by atoms with van der Waals surface area (Å²) in [4.78, 5) is 24.9. The van der Waals surface area contributed by atoms with Gasteiger partial charge in [-0.15, -0.1) is 0 Å². The molecule has 2 aromatic heterocycles. The molecule has 3 aromatic carbocycles. The Labute approximate surface area is 312 Å². The van der Waals surface area contributed by atoms with E-state index in [9.17, 15) is 23.1 Å². The van der Waals surface area contributed by atoms with Crippen LogP contribution in [0.1, 0.15) is 51.8 Å². The van der Waals surface area contributed by atoms with Gasteiger partial charge in [-0.25, -0.2) is 4.98 Å². The summed E-state index contributed by atoms with van der Waals surface area (Å²) in [5.74, 6) is 2.33. The largest absolute Gasteiger partial charge is 0.493 e. The van der Waals surface area contributed by atoms with Crippen LogP contribution in [0.5, 0.6) is 17.2 Å². The number of aliphatic hydroxyl groups excluding tert-OH is 1. The number of halogens is 3. The third-order valence-electron chi connectivity index (χ3n) is 9.92. The molecule has 11 nitrogen and oxygen atoms in total. The van der Waals surface area contributed by atoms with E-state index in [0.717, 1.165) is 42.6 Å². The first-order valence-corrected chi connectivity index (χ1v) is 17.9. The number of furan rings is 1. The molecule has 54 heavy (non-hydrogen) atoms. The van der Waals surface area contributed by atoms with Gasteiger partial charge < -0.3 is 43.0 Å². The average molecular weight is 750 g/mol. The predicted molar refractivity (Wildman–Crippen MR) is 199 cm³/mol. The molecule has 0 aliphatic carbocycles. The SMILES string of the molecule is COc1cc(C(=O)N(C)CC(CCN2CCCN(c3nc4ccccc4n3Cc3ccc(CO)o3)CC2)c2cccc(C(F)(F)F)c2)cc(OC)c1OC. The number of fused-ring (bicyclic) bond motifs is 1. The van der Waals surface area contributed by atoms with Gasteiger partial charge >= 0.3 is 6.18 Å². The molecule has 1 saturated heterocycles. The molecule has 0 saturated carbocycles. The van der Waals surface area contributed by atoms with E-state index in [4.69, 9.17) is 23.6 Å². The van der Waals surface area contributed by atoms with Gasteiger partial charge in [0.2, 0.25) is 11.7 Å². The number of methoxy groups -OCH3 is 3. The van der Waals surface area contributed by atoms with E-state index >= 15 is 0 Å². The molecule has 288 valence electrons. The van der Waals surface area contributed by atoms with Gasteiger partial charge in [-0.2, -0.15) is 13.2 Å². The number of anilines is 1. The summed E-state index contributed by atoms with van der Waals surface area (Å²) in [6.07, 6.45) is -3.12. The summed E-state index contributed by atoms with van der Waals surface area (Å²) < 4.78 is 65.8. The van der Waals surface area contributed by atoms with Gasteiger partial charge in [-0.05, 0) is 74.0 Å². The summed E-state index contributed by atoms with van der Waals surface area (Å²) in [6.45, 7) is 4.06. The van der Waals surface area contributed by atoms with Crippen molar-refractivity contribution < 1.29 is 41.7 Å². The molecule has 6 rings (SSSR count). The van der Waals surface area contributed by atoms with Crippen molar-refractivity contribution in [3.8, 4) is 17.2 Å². The molecule has 0 bridgehead atoms. The minimum atomic E-state index is -4.50. The lowest BCUT2D eigenvalue weighted by molar-refractivity contribution is -0.137. The number of aromatic nitrogens is 2. The first-order chi connectivity index (χ1) is 26.0. The highest BCUT2D eigenvalue weighted by molar-refractivity contribution is 5.95. The predicted octanol–water partition coefficient (Wildman–Crippen LogP) is 6.67. The third-order valence-corrected chi connectivity index (χ3v) is 9.92. The number of alkyl halides is 3. The first-order valence-electron chi connectivity index (χ1n) is 17.9. The molecule has 14 heteroatoms. The maximum atomic E-state index is 13.8. The highest BCUT2D eigenvalue weighted by Crippen LogP contribution is 2.39. The quantitative estimate of drug-likeness (QED) is 0.133. The number of likely N-dealkylation sites (N-methyl/N-ethyl adjacent to an activating group) is 1. The monoisotopic (exact) mass is 749 g/mol. The molecular formula is C40H46F3N5O6. The molecule has 1 atom stereocenters. The van der Waals surface area contributed by atoms with E-state index in [-0.39, 0.29) is 25.0 Å². The van der Waals surface area contributed by atoms with Crippen LogP contribution in [0.2, 0.25) is 0 Å². The van der Waals surface area contributed by atoms with Gasteiger partial charge in [0.05, 0.1) is 44.5 Å². The number of nitrogens with zero attached hydrogens (tertiary/aromatic N) is 5. The maximum Gasteiger partial charge on any atom is 0.416 e. The standard InChI is InChI=1S/C40H46F3N5O6/c1-45(38(50)29-22-35(51-2)37(53-4)36(23-29)52-3)24-28(27-9-7-10-30(21-27)40(41,42)43)15-18-46-16-8-17-47(20-19-46)39-44-33-11-5-6-12-34(33)48(39)25-31-13-14-32(26-49)54-31/h5-7,9-14,21-23,28,49H,8,15-20,24-26H2,1-4H3. The van der Waals surface area contributed by atoms with E-state index in [1.54, 1.807) is 31.3 Å². The lowest BCUT2D eigenvalue weighted by Gasteiger charge is -2.28. The average Bonchev–Trinajstić information content (AvgIpc) is 3.72. The number of aliphatic hydroxyl groups is 1. The molecule has 1 aliphatic rings. The second-order valence-corrected chi connectivity index (χ2v) is 13.4. The molecule has 1 fully saturated rings. The van der Waals surface area contributed by atoms with Crippen molar-refractivity contribution in [2.75, 3.05) is 72.5 Å². The van der Waals surface area contributed by atoms with E-state index in [1.807, 2.05) is 30.3 Å². The number of carbonyl (C=O) groups is 1. The fourth-order valence-corrected chi connectivity index (χ4v) is 7.11. The van der Waals surface area contributed by atoms with Crippen molar-refractivity contribution >= 4 is 22.9 Å². The number of imidazole rings is 1. The Morgan fingerprint density at radius 1 is 0.926 bits per heavy atom. The second kappa shape index (κ2) is 16.9. The maximum absolute atomic E-state index is 13.8. The van der Waals surface area contributed by atoms with Crippen LogP contribution in [-0.2, 0) is 19.3 Å². The Hall–Kier alpha value is -5.21. The van der Waals surface area contributed by atoms with Crippen LogP contribution in [-0.4, -0.2) is 98.0 Å². The zero-order chi connectivity index (χ0) is 38.4. The molecule has 5 aromatic rings. The van der Waals surface area contributed by atoms with Gasteiger partial charge in [0.15, 0.2) is 11.5 Å². The number of benzene rings is 3. The van der Waals surface area contributed by atoms with E-state index in [0.29, 0.717) is 72.5 Å². The fraction of sp³-hybridized carbons (Fsp3) is 0.400. The molecule has 0 radical (unpaired) electrons. The van der Waals surface area contributed by atoms with Crippen molar-refractivity contribution in [3.05, 3.63) is 101 Å². The molecule has 0 spiro atoms. The number of rotatable bonds is 14. The molecule has 1 unspecified atom stereocenters. The highest BCUT2D eigenvalue weighted by Gasteiger charge is 2.32. The van der Waals surface area contributed by atoms with Crippen LogP contribution < -0.4 is 19.1 Å². The zero-order valence-electron chi connectivity index (χ0n) is 30.9. The van der Waals surface area contributed by atoms with E-state index in [2.05, 4.69) is 14.4 Å². The lowest BCUT2D eigenvalue weighted by atomic mass is 9.93. The number of amides is 1. The Bertz CT molecular complexity index is 2020. The Morgan fingerprint density at radius 2 is 1.67 bits per heavy atom. The van der Waals surface area contributed by atoms with Gasteiger partial charge in [0.1, 0.15) is 18.1 Å². The van der Waals surface area contributed by atoms with Crippen molar-refractivity contribution in [3.63, 3.8) is 0 Å². The lowest BCUT2D eigenvalue weighted by Crippen LogP contribution is -2.35. The Morgan fingerprint density at radius 3 is 2.35 bits per heavy atom.